The Bertz CT molecular complexity index is 295. The molecule has 17 heavy (non-hydrogen) atoms. The Labute approximate surface area is 104 Å². The van der Waals surface area contributed by atoms with Crippen LogP contribution in [0.2, 0.25) is 0 Å². The second-order valence-corrected chi connectivity index (χ2v) is 3.76. The van der Waals surface area contributed by atoms with Crippen molar-refractivity contribution in [3.63, 3.8) is 0 Å². The van der Waals surface area contributed by atoms with Crippen LogP contribution in [0, 0.1) is 12.3 Å². The first-order chi connectivity index (χ1) is 8.22. The van der Waals surface area contributed by atoms with E-state index in [4.69, 9.17) is 6.42 Å². The lowest BCUT2D eigenvalue weighted by atomic mass is 10.1. The summed E-state index contributed by atoms with van der Waals surface area (Å²) in [6.07, 6.45) is 17.6. The molecule has 0 fully saturated rings. The third-order valence-corrected chi connectivity index (χ3v) is 2.25. The van der Waals surface area contributed by atoms with E-state index in [1.807, 2.05) is 12.2 Å². The summed E-state index contributed by atoms with van der Waals surface area (Å²) in [6, 6.07) is 0. The number of hydrogen-bond donors (Lipinski definition) is 2. The second-order valence-electron chi connectivity index (χ2n) is 3.76. The predicted octanol–water partition coefficient (Wildman–Crippen LogP) is 2.59. The van der Waals surface area contributed by atoms with Gasteiger partial charge in [-0.3, -0.25) is 0 Å². The molecule has 0 rings (SSSR count). The summed E-state index contributed by atoms with van der Waals surface area (Å²) in [5.74, 6) is 2.34. The monoisotopic (exact) mass is 234 g/mol. The van der Waals surface area contributed by atoms with Crippen molar-refractivity contribution >= 4 is 0 Å². The SMILES string of the molecule is C#C/C=C/C[C@@H](O)[C@@H](O)C/C=C\C/C=C/CC. The van der Waals surface area contributed by atoms with E-state index >= 15 is 0 Å². The van der Waals surface area contributed by atoms with Crippen LogP contribution in [0.15, 0.2) is 36.5 Å². The molecule has 0 heterocycles. The molecule has 0 saturated carbocycles. The molecule has 2 nitrogen and oxygen atoms in total. The topological polar surface area (TPSA) is 40.5 Å². The van der Waals surface area contributed by atoms with Crippen molar-refractivity contribution < 1.29 is 10.2 Å². The average Bonchev–Trinajstić information content (AvgIpc) is 2.33. The first-order valence-electron chi connectivity index (χ1n) is 5.99. The number of hydrogen-bond acceptors (Lipinski definition) is 2. The zero-order valence-corrected chi connectivity index (χ0v) is 10.4. The number of aliphatic hydroxyl groups is 2. The maximum absolute atomic E-state index is 9.61. The van der Waals surface area contributed by atoms with Gasteiger partial charge in [-0.25, -0.2) is 0 Å². The van der Waals surface area contributed by atoms with E-state index in [0.717, 1.165) is 12.8 Å². The number of rotatable bonds is 8. The molecule has 2 N–H and O–H groups in total. The lowest BCUT2D eigenvalue weighted by Crippen LogP contribution is -2.24. The van der Waals surface area contributed by atoms with Crippen molar-refractivity contribution in [2.75, 3.05) is 0 Å². The molecule has 0 aromatic rings. The molecule has 0 spiro atoms. The lowest BCUT2D eigenvalue weighted by Gasteiger charge is -2.13. The van der Waals surface area contributed by atoms with Crippen LogP contribution in [-0.4, -0.2) is 22.4 Å². The van der Waals surface area contributed by atoms with Crippen LogP contribution >= 0.6 is 0 Å². The van der Waals surface area contributed by atoms with Crippen LogP contribution < -0.4 is 0 Å². The van der Waals surface area contributed by atoms with Crippen molar-refractivity contribution in [2.24, 2.45) is 0 Å². The fourth-order valence-electron chi connectivity index (χ4n) is 1.26. The van der Waals surface area contributed by atoms with Gasteiger partial charge < -0.3 is 10.2 Å². The first-order valence-corrected chi connectivity index (χ1v) is 5.99. The summed E-state index contributed by atoms with van der Waals surface area (Å²) in [7, 11) is 0. The Morgan fingerprint density at radius 2 is 1.59 bits per heavy atom. The first kappa shape index (κ1) is 15.7. The highest BCUT2D eigenvalue weighted by atomic mass is 16.3. The van der Waals surface area contributed by atoms with Gasteiger partial charge in [-0.1, -0.05) is 43.2 Å². The molecule has 0 aliphatic carbocycles. The third-order valence-electron chi connectivity index (χ3n) is 2.25. The molecule has 2 atom stereocenters. The molecule has 0 amide bonds. The average molecular weight is 234 g/mol. The molecule has 0 radical (unpaired) electrons. The molecule has 94 valence electrons. The van der Waals surface area contributed by atoms with Crippen LogP contribution in [0.3, 0.4) is 0 Å². The van der Waals surface area contributed by atoms with E-state index in [1.54, 1.807) is 6.08 Å². The minimum atomic E-state index is -0.754. The summed E-state index contributed by atoms with van der Waals surface area (Å²) in [6.45, 7) is 2.09. The van der Waals surface area contributed by atoms with Gasteiger partial charge in [-0.15, -0.1) is 6.42 Å². The summed E-state index contributed by atoms with van der Waals surface area (Å²) < 4.78 is 0. The minimum Gasteiger partial charge on any atom is -0.390 e. The van der Waals surface area contributed by atoms with E-state index < -0.39 is 12.2 Å². The highest BCUT2D eigenvalue weighted by Crippen LogP contribution is 2.05. The van der Waals surface area contributed by atoms with Crippen molar-refractivity contribution in [3.05, 3.63) is 36.5 Å². The van der Waals surface area contributed by atoms with Crippen LogP contribution in [0.4, 0.5) is 0 Å². The Balaban J connectivity index is 3.77. The lowest BCUT2D eigenvalue weighted by molar-refractivity contribution is 0.0238. The number of aliphatic hydroxyl groups excluding tert-OH is 2. The summed E-state index contributed by atoms with van der Waals surface area (Å²) in [4.78, 5) is 0. The van der Waals surface area contributed by atoms with E-state index in [0.29, 0.717) is 12.8 Å². The van der Waals surface area contributed by atoms with Gasteiger partial charge in [-0.05, 0) is 31.8 Å². The Morgan fingerprint density at radius 3 is 2.18 bits per heavy atom. The van der Waals surface area contributed by atoms with Crippen molar-refractivity contribution in [3.8, 4) is 12.3 Å². The number of allylic oxidation sites excluding steroid dienone is 4. The molecule has 0 aromatic heterocycles. The predicted molar refractivity (Wildman–Crippen MR) is 72.4 cm³/mol. The molecular formula is C15H22O2. The van der Waals surface area contributed by atoms with E-state index in [2.05, 4.69) is 25.0 Å². The normalized spacial score (nSPS) is 15.6. The van der Waals surface area contributed by atoms with E-state index in [-0.39, 0.29) is 0 Å². The summed E-state index contributed by atoms with van der Waals surface area (Å²) >= 11 is 0. The minimum absolute atomic E-state index is 0.384. The zero-order chi connectivity index (χ0) is 12.9. The van der Waals surface area contributed by atoms with E-state index in [1.165, 1.54) is 6.08 Å². The van der Waals surface area contributed by atoms with Gasteiger partial charge in [0.15, 0.2) is 0 Å². The zero-order valence-electron chi connectivity index (χ0n) is 10.4. The molecule has 0 aliphatic heterocycles. The Morgan fingerprint density at radius 1 is 1.00 bits per heavy atom. The quantitative estimate of drug-likeness (QED) is 0.500. The van der Waals surface area contributed by atoms with Crippen LogP contribution in [0.5, 0.6) is 0 Å². The molecule has 0 bridgehead atoms. The summed E-state index contributed by atoms with van der Waals surface area (Å²) in [5.41, 5.74) is 0. The second kappa shape index (κ2) is 11.2. The maximum atomic E-state index is 9.61. The standard InChI is InChI=1S/C15H22O2/c1-3-5-7-8-9-11-13-15(17)14(16)12-10-6-4-2/h2,5-7,9-11,14-17H,3,8,12-13H2,1H3/b7-5+,10-6+,11-9-/t14-,15+/m1/s1. The van der Waals surface area contributed by atoms with Gasteiger partial charge in [0.1, 0.15) is 0 Å². The largest absolute Gasteiger partial charge is 0.390 e. The fraction of sp³-hybridized carbons (Fsp3) is 0.467. The summed E-state index contributed by atoms with van der Waals surface area (Å²) in [5, 5.41) is 19.2. The Hall–Kier alpha value is -1.30. The van der Waals surface area contributed by atoms with Gasteiger partial charge in [0.2, 0.25) is 0 Å². The smallest absolute Gasteiger partial charge is 0.0836 e. The van der Waals surface area contributed by atoms with Gasteiger partial charge in [-0.2, -0.15) is 0 Å². The molecular weight excluding hydrogens is 212 g/mol. The van der Waals surface area contributed by atoms with Crippen molar-refractivity contribution in [1.82, 2.24) is 0 Å². The van der Waals surface area contributed by atoms with Crippen LogP contribution in [-0.2, 0) is 0 Å². The molecule has 0 saturated heterocycles. The fourth-order valence-corrected chi connectivity index (χ4v) is 1.26. The molecule has 2 heteroatoms. The van der Waals surface area contributed by atoms with Crippen LogP contribution in [0.25, 0.3) is 0 Å². The van der Waals surface area contributed by atoms with Gasteiger partial charge in [0.25, 0.3) is 0 Å². The Kier molecular flexibility index (Phi) is 10.3. The number of terminal acetylenes is 1. The highest BCUT2D eigenvalue weighted by molar-refractivity contribution is 5.09. The highest BCUT2D eigenvalue weighted by Gasteiger charge is 2.12. The van der Waals surface area contributed by atoms with Gasteiger partial charge in [0.05, 0.1) is 12.2 Å². The van der Waals surface area contributed by atoms with Crippen LogP contribution in [0.1, 0.15) is 32.6 Å². The van der Waals surface area contributed by atoms with Gasteiger partial charge in [0, 0.05) is 0 Å². The van der Waals surface area contributed by atoms with E-state index in [9.17, 15) is 10.2 Å². The third kappa shape index (κ3) is 9.62. The molecule has 0 aromatic carbocycles. The molecule has 0 aliphatic rings. The molecule has 0 unspecified atom stereocenters. The van der Waals surface area contributed by atoms with Gasteiger partial charge >= 0.3 is 0 Å². The van der Waals surface area contributed by atoms with Crippen molar-refractivity contribution in [2.45, 2.75) is 44.8 Å². The van der Waals surface area contributed by atoms with Crippen molar-refractivity contribution in [1.29, 1.82) is 0 Å². The maximum Gasteiger partial charge on any atom is 0.0836 e.